The molecule has 9 heteroatoms. The minimum Gasteiger partial charge on any atom is -0.497 e. The largest absolute Gasteiger partial charge is 0.497 e. The first-order valence-corrected chi connectivity index (χ1v) is 11.7. The predicted octanol–water partition coefficient (Wildman–Crippen LogP) is 3.80. The molecule has 0 spiro atoms. The molecule has 0 fully saturated rings. The van der Waals surface area contributed by atoms with Crippen molar-refractivity contribution in [3.05, 3.63) is 53.4 Å². The van der Waals surface area contributed by atoms with Crippen LogP contribution in [0.4, 0.5) is 5.13 Å². The van der Waals surface area contributed by atoms with E-state index in [1.807, 2.05) is 17.5 Å². The van der Waals surface area contributed by atoms with E-state index in [-0.39, 0.29) is 23.0 Å². The quantitative estimate of drug-likeness (QED) is 0.566. The Bertz CT molecular complexity index is 1140. The van der Waals surface area contributed by atoms with E-state index < -0.39 is 9.84 Å². The molecule has 3 aromatic rings. The maximum Gasteiger partial charge on any atom is 0.230 e. The van der Waals surface area contributed by atoms with Gasteiger partial charge in [0.2, 0.25) is 5.91 Å². The first kappa shape index (κ1) is 21.8. The molecule has 7 nitrogen and oxygen atoms in total. The van der Waals surface area contributed by atoms with Crippen LogP contribution in [0.3, 0.4) is 0 Å². The average Bonchev–Trinajstić information content (AvgIpc) is 3.21. The summed E-state index contributed by atoms with van der Waals surface area (Å²) in [6.07, 6.45) is 0.118. The van der Waals surface area contributed by atoms with Gasteiger partial charge in [-0.05, 0) is 29.8 Å². The molecule has 0 aliphatic carbocycles. The van der Waals surface area contributed by atoms with Crippen LogP contribution in [-0.2, 0) is 21.1 Å². The van der Waals surface area contributed by atoms with Gasteiger partial charge in [-0.2, -0.15) is 0 Å². The molecule has 0 bridgehead atoms. The van der Waals surface area contributed by atoms with Gasteiger partial charge >= 0.3 is 0 Å². The van der Waals surface area contributed by atoms with E-state index in [0.717, 1.165) is 11.1 Å². The second-order valence-electron chi connectivity index (χ2n) is 6.38. The topological polar surface area (TPSA) is 94.6 Å². The molecule has 3 rings (SSSR count). The molecule has 1 N–H and O–H groups in total. The number of benzene rings is 2. The van der Waals surface area contributed by atoms with Crippen molar-refractivity contribution >= 4 is 32.2 Å². The summed E-state index contributed by atoms with van der Waals surface area (Å²) in [6.45, 7) is 1.60. The number of sulfone groups is 1. The van der Waals surface area contributed by atoms with E-state index in [1.54, 1.807) is 39.3 Å². The van der Waals surface area contributed by atoms with Gasteiger partial charge in [-0.15, -0.1) is 11.3 Å². The number of thiazole rings is 1. The van der Waals surface area contributed by atoms with Crippen LogP contribution < -0.4 is 14.8 Å². The van der Waals surface area contributed by atoms with Crippen molar-refractivity contribution in [1.82, 2.24) is 4.98 Å². The molecule has 1 aromatic heterocycles. The number of nitrogens with zero attached hydrogens (tertiary/aromatic N) is 1. The van der Waals surface area contributed by atoms with E-state index in [9.17, 15) is 13.2 Å². The lowest BCUT2D eigenvalue weighted by molar-refractivity contribution is -0.115. The Balaban J connectivity index is 1.68. The minimum atomic E-state index is -3.25. The van der Waals surface area contributed by atoms with Gasteiger partial charge in [-0.25, -0.2) is 13.4 Å². The molecule has 0 radical (unpaired) electrons. The van der Waals surface area contributed by atoms with Crippen molar-refractivity contribution in [2.75, 3.05) is 25.3 Å². The second-order valence-corrected chi connectivity index (χ2v) is 9.51. The Hall–Kier alpha value is -2.91. The van der Waals surface area contributed by atoms with E-state index in [2.05, 4.69) is 10.3 Å². The number of ether oxygens (including phenoxy) is 2. The van der Waals surface area contributed by atoms with Gasteiger partial charge in [-0.3, -0.25) is 4.79 Å². The van der Waals surface area contributed by atoms with Gasteiger partial charge in [0.15, 0.2) is 15.0 Å². The third-order valence-electron chi connectivity index (χ3n) is 4.46. The Kier molecular flexibility index (Phi) is 6.73. The molecule has 1 heterocycles. The van der Waals surface area contributed by atoms with Crippen LogP contribution >= 0.6 is 11.3 Å². The first-order valence-electron chi connectivity index (χ1n) is 9.15. The maximum absolute atomic E-state index is 12.4. The zero-order valence-corrected chi connectivity index (χ0v) is 18.5. The van der Waals surface area contributed by atoms with Crippen molar-refractivity contribution in [2.45, 2.75) is 18.2 Å². The van der Waals surface area contributed by atoms with E-state index in [4.69, 9.17) is 9.47 Å². The van der Waals surface area contributed by atoms with Gasteiger partial charge < -0.3 is 14.8 Å². The van der Waals surface area contributed by atoms with Crippen molar-refractivity contribution < 1.29 is 22.7 Å². The molecule has 30 heavy (non-hydrogen) atoms. The molecular formula is C21H22N2O5S2. The van der Waals surface area contributed by atoms with E-state index in [1.165, 1.54) is 23.5 Å². The van der Waals surface area contributed by atoms with Gasteiger partial charge in [0.25, 0.3) is 0 Å². The summed E-state index contributed by atoms with van der Waals surface area (Å²) in [5.41, 5.74) is 2.20. The zero-order valence-electron chi connectivity index (χ0n) is 16.8. The number of anilines is 1. The number of nitrogens with one attached hydrogen (secondary N) is 1. The van der Waals surface area contributed by atoms with Crippen LogP contribution in [0, 0.1) is 0 Å². The number of hydrogen-bond acceptors (Lipinski definition) is 7. The number of rotatable bonds is 8. The Morgan fingerprint density at radius 1 is 1.10 bits per heavy atom. The first-order chi connectivity index (χ1) is 14.4. The SMILES string of the molecule is CCS(=O)(=O)c1ccc(CC(=O)Nc2nc(-c3ccc(OC)cc3OC)cs2)cc1. The molecule has 2 aromatic carbocycles. The standard InChI is InChI=1S/C21H22N2O5S2/c1-4-30(25,26)16-8-5-14(6-9-16)11-20(24)23-21-22-18(13-29-21)17-10-7-15(27-2)12-19(17)28-3/h5-10,12-13H,4,11H2,1-3H3,(H,22,23,24). The van der Waals surface area contributed by atoms with Crippen LogP contribution in [0.1, 0.15) is 12.5 Å². The highest BCUT2D eigenvalue weighted by Gasteiger charge is 2.14. The van der Waals surface area contributed by atoms with Gasteiger partial charge in [0.05, 0.1) is 37.0 Å². The molecule has 158 valence electrons. The number of methoxy groups -OCH3 is 2. The highest BCUT2D eigenvalue weighted by atomic mass is 32.2. The average molecular weight is 447 g/mol. The fourth-order valence-electron chi connectivity index (χ4n) is 2.80. The van der Waals surface area contributed by atoms with Crippen molar-refractivity contribution in [3.8, 4) is 22.8 Å². The van der Waals surface area contributed by atoms with Gasteiger partial charge in [0, 0.05) is 17.0 Å². The van der Waals surface area contributed by atoms with Crippen LogP contribution in [0.2, 0.25) is 0 Å². The third kappa shape index (κ3) is 4.98. The van der Waals surface area contributed by atoms with Crippen LogP contribution in [-0.4, -0.2) is 39.3 Å². The summed E-state index contributed by atoms with van der Waals surface area (Å²) in [5.74, 6) is 1.11. The third-order valence-corrected chi connectivity index (χ3v) is 6.97. The molecule has 0 atom stereocenters. The Morgan fingerprint density at radius 2 is 1.83 bits per heavy atom. The zero-order chi connectivity index (χ0) is 21.7. The number of aromatic nitrogens is 1. The lowest BCUT2D eigenvalue weighted by atomic mass is 10.1. The van der Waals surface area contributed by atoms with Crippen molar-refractivity contribution in [3.63, 3.8) is 0 Å². The van der Waals surface area contributed by atoms with Gasteiger partial charge in [-0.1, -0.05) is 19.1 Å². The summed E-state index contributed by atoms with van der Waals surface area (Å²) in [7, 11) is -0.0946. The summed E-state index contributed by atoms with van der Waals surface area (Å²) in [5, 5.41) is 5.09. The summed E-state index contributed by atoms with van der Waals surface area (Å²) in [4.78, 5) is 17.1. The minimum absolute atomic E-state index is 0.0399. The summed E-state index contributed by atoms with van der Waals surface area (Å²) < 4.78 is 34.4. The number of carbonyl (C=O) groups is 1. The Labute approximate surface area is 179 Å². The molecule has 0 saturated heterocycles. The monoisotopic (exact) mass is 446 g/mol. The van der Waals surface area contributed by atoms with Crippen LogP contribution in [0.5, 0.6) is 11.5 Å². The normalized spacial score (nSPS) is 11.2. The predicted molar refractivity (Wildman–Crippen MR) is 117 cm³/mol. The lowest BCUT2D eigenvalue weighted by Gasteiger charge is -2.08. The highest BCUT2D eigenvalue weighted by molar-refractivity contribution is 7.91. The molecule has 0 aliphatic heterocycles. The number of amides is 1. The molecule has 0 aliphatic rings. The lowest BCUT2D eigenvalue weighted by Crippen LogP contribution is -2.14. The van der Waals surface area contributed by atoms with E-state index >= 15 is 0 Å². The number of carbonyl (C=O) groups excluding carboxylic acids is 1. The highest BCUT2D eigenvalue weighted by Crippen LogP contribution is 2.34. The molecule has 1 amide bonds. The van der Waals surface area contributed by atoms with Crippen LogP contribution in [0.15, 0.2) is 52.7 Å². The number of hydrogen-bond donors (Lipinski definition) is 1. The van der Waals surface area contributed by atoms with Crippen LogP contribution in [0.25, 0.3) is 11.3 Å². The molecular weight excluding hydrogens is 424 g/mol. The fraction of sp³-hybridized carbons (Fsp3) is 0.238. The second kappa shape index (κ2) is 9.27. The maximum atomic E-state index is 12.4. The fourth-order valence-corrected chi connectivity index (χ4v) is 4.41. The Morgan fingerprint density at radius 3 is 2.47 bits per heavy atom. The molecule has 0 saturated carbocycles. The van der Waals surface area contributed by atoms with Crippen molar-refractivity contribution in [1.29, 1.82) is 0 Å². The summed E-state index contributed by atoms with van der Waals surface area (Å²) in [6, 6.07) is 11.8. The van der Waals surface area contributed by atoms with Crippen molar-refractivity contribution in [2.24, 2.45) is 0 Å². The smallest absolute Gasteiger partial charge is 0.230 e. The molecule has 0 unspecified atom stereocenters. The van der Waals surface area contributed by atoms with Gasteiger partial charge in [0.1, 0.15) is 11.5 Å². The summed E-state index contributed by atoms with van der Waals surface area (Å²) >= 11 is 1.31. The van der Waals surface area contributed by atoms with E-state index in [0.29, 0.717) is 22.3 Å².